The molecule has 0 unspecified atom stereocenters. The van der Waals surface area contributed by atoms with Gasteiger partial charge >= 0.3 is 11.9 Å². The van der Waals surface area contributed by atoms with Gasteiger partial charge in [-0.2, -0.15) is 0 Å². The lowest BCUT2D eigenvalue weighted by atomic mass is 10.1. The quantitative estimate of drug-likeness (QED) is 0.0837. The second-order valence-corrected chi connectivity index (χ2v) is 10.1. The van der Waals surface area contributed by atoms with E-state index in [2.05, 4.69) is 13.8 Å². The minimum absolute atomic E-state index is 0.138. The molecular formula is C30H58O5. The van der Waals surface area contributed by atoms with Gasteiger partial charge in [-0.1, -0.05) is 129 Å². The molecule has 0 saturated carbocycles. The molecule has 0 saturated heterocycles. The Morgan fingerprint density at radius 1 is 0.486 bits per heavy atom. The maximum atomic E-state index is 12.0. The summed E-state index contributed by atoms with van der Waals surface area (Å²) in [6.45, 7) is 4.77. The number of methoxy groups -OCH3 is 1. The van der Waals surface area contributed by atoms with Crippen molar-refractivity contribution in [1.82, 2.24) is 0 Å². The zero-order valence-electron chi connectivity index (χ0n) is 23.6. The molecule has 0 aliphatic carbocycles. The Hall–Kier alpha value is -1.10. The van der Waals surface area contributed by atoms with Gasteiger partial charge in [0.1, 0.15) is 19.3 Å². The number of hydrogen-bond donors (Lipinski definition) is 0. The lowest BCUT2D eigenvalue weighted by molar-refractivity contribution is -0.153. The molecule has 0 fully saturated rings. The first-order valence-electron chi connectivity index (χ1n) is 15.0. The van der Waals surface area contributed by atoms with E-state index in [1.165, 1.54) is 103 Å². The van der Waals surface area contributed by atoms with E-state index in [9.17, 15) is 9.59 Å². The number of carbonyl (C=O) groups is 2. The first-order valence-corrected chi connectivity index (χ1v) is 15.0. The lowest BCUT2D eigenvalue weighted by Crippen LogP contribution is -2.27. The third-order valence-electron chi connectivity index (χ3n) is 6.66. The van der Waals surface area contributed by atoms with Crippen molar-refractivity contribution in [3.8, 4) is 0 Å². The Labute approximate surface area is 217 Å². The van der Waals surface area contributed by atoms with Crippen LogP contribution < -0.4 is 0 Å². The normalized spacial score (nSPS) is 11.2. The van der Waals surface area contributed by atoms with E-state index in [0.717, 1.165) is 25.7 Å². The molecule has 0 radical (unpaired) electrons. The largest absolute Gasteiger partial charge is 0.463 e. The Balaban J connectivity index is 3.57. The standard InChI is InChI=1S/C30H58O5/c1-4-6-8-10-12-14-16-18-20-22-24-29(31)34-26-28(33-3)27-35-30(32)25-23-21-19-17-15-13-11-9-7-5-2/h28H,4-27H2,1-3H3. The van der Waals surface area contributed by atoms with Crippen LogP contribution in [-0.4, -0.2) is 38.4 Å². The van der Waals surface area contributed by atoms with Crippen LogP contribution in [0.5, 0.6) is 0 Å². The molecule has 5 nitrogen and oxygen atoms in total. The molecule has 0 heterocycles. The Bertz CT molecular complexity index is 426. The summed E-state index contributed by atoms with van der Waals surface area (Å²) in [4.78, 5) is 23.9. The molecule has 0 amide bonds. The third kappa shape index (κ3) is 25.8. The number of rotatable bonds is 27. The molecule has 0 aliphatic rings. The zero-order chi connectivity index (χ0) is 25.8. The second kappa shape index (κ2) is 27.5. The van der Waals surface area contributed by atoms with Crippen LogP contribution in [0.2, 0.25) is 0 Å². The summed E-state index contributed by atoms with van der Waals surface area (Å²) in [6, 6.07) is 0. The lowest BCUT2D eigenvalue weighted by Gasteiger charge is -2.15. The van der Waals surface area contributed by atoms with Crippen LogP contribution in [0, 0.1) is 0 Å². The van der Waals surface area contributed by atoms with Gasteiger partial charge in [-0.05, 0) is 12.8 Å². The molecule has 35 heavy (non-hydrogen) atoms. The molecule has 208 valence electrons. The maximum Gasteiger partial charge on any atom is 0.305 e. The summed E-state index contributed by atoms with van der Waals surface area (Å²) in [6.07, 6.45) is 25.3. The zero-order valence-corrected chi connectivity index (χ0v) is 23.6. The first kappa shape index (κ1) is 33.9. The molecule has 0 aromatic heterocycles. The van der Waals surface area contributed by atoms with Crippen molar-refractivity contribution in [3.63, 3.8) is 0 Å². The molecular weight excluding hydrogens is 440 g/mol. The van der Waals surface area contributed by atoms with E-state index < -0.39 is 6.10 Å². The van der Waals surface area contributed by atoms with Gasteiger partial charge in [0.25, 0.3) is 0 Å². The highest BCUT2D eigenvalue weighted by molar-refractivity contribution is 5.69. The number of unbranched alkanes of at least 4 members (excludes halogenated alkanes) is 18. The summed E-state index contributed by atoms with van der Waals surface area (Å²) in [7, 11) is 1.55. The first-order chi connectivity index (χ1) is 17.1. The molecule has 0 rings (SSSR count). The highest BCUT2D eigenvalue weighted by Gasteiger charge is 2.14. The van der Waals surface area contributed by atoms with Crippen LogP contribution in [0.3, 0.4) is 0 Å². The Morgan fingerprint density at radius 3 is 1.06 bits per heavy atom. The summed E-state index contributed by atoms with van der Waals surface area (Å²) in [5, 5.41) is 0. The predicted octanol–water partition coefficient (Wildman–Crippen LogP) is 8.71. The van der Waals surface area contributed by atoms with Crippen molar-refractivity contribution in [2.75, 3.05) is 20.3 Å². The third-order valence-corrected chi connectivity index (χ3v) is 6.66. The van der Waals surface area contributed by atoms with E-state index in [-0.39, 0.29) is 25.2 Å². The fourth-order valence-electron chi connectivity index (χ4n) is 4.21. The van der Waals surface area contributed by atoms with E-state index in [4.69, 9.17) is 14.2 Å². The van der Waals surface area contributed by atoms with Crippen molar-refractivity contribution in [2.45, 2.75) is 161 Å². The van der Waals surface area contributed by atoms with Crippen LogP contribution >= 0.6 is 0 Å². The SMILES string of the molecule is CCCCCCCCCCCCC(=O)OCC(COC(=O)CCCCCCCCCCCC)OC. The fourth-order valence-corrected chi connectivity index (χ4v) is 4.21. The smallest absolute Gasteiger partial charge is 0.305 e. The molecule has 0 bridgehead atoms. The monoisotopic (exact) mass is 498 g/mol. The van der Waals surface area contributed by atoms with Gasteiger partial charge < -0.3 is 14.2 Å². The van der Waals surface area contributed by atoms with Crippen LogP contribution in [0.1, 0.15) is 155 Å². The van der Waals surface area contributed by atoms with Crippen molar-refractivity contribution in [2.24, 2.45) is 0 Å². The predicted molar refractivity (Wildman–Crippen MR) is 146 cm³/mol. The highest BCUT2D eigenvalue weighted by atomic mass is 16.6. The molecule has 0 atom stereocenters. The van der Waals surface area contributed by atoms with E-state index in [1.54, 1.807) is 7.11 Å². The van der Waals surface area contributed by atoms with E-state index in [1.807, 2.05) is 0 Å². The highest BCUT2D eigenvalue weighted by Crippen LogP contribution is 2.13. The molecule has 0 spiro atoms. The molecule has 0 aromatic rings. The minimum Gasteiger partial charge on any atom is -0.463 e. The van der Waals surface area contributed by atoms with E-state index in [0.29, 0.717) is 12.8 Å². The maximum absolute atomic E-state index is 12.0. The van der Waals surface area contributed by atoms with Crippen LogP contribution in [0.15, 0.2) is 0 Å². The Morgan fingerprint density at radius 2 is 0.771 bits per heavy atom. The average Bonchev–Trinajstić information content (AvgIpc) is 2.86. The molecule has 0 aliphatic heterocycles. The van der Waals surface area contributed by atoms with Gasteiger partial charge in [-0.3, -0.25) is 9.59 Å². The Kier molecular flexibility index (Phi) is 26.6. The van der Waals surface area contributed by atoms with Gasteiger partial charge in [0.15, 0.2) is 0 Å². The van der Waals surface area contributed by atoms with Gasteiger partial charge in [0.2, 0.25) is 0 Å². The van der Waals surface area contributed by atoms with E-state index >= 15 is 0 Å². The minimum atomic E-state index is -0.400. The van der Waals surface area contributed by atoms with Gasteiger partial charge in [0.05, 0.1) is 0 Å². The topological polar surface area (TPSA) is 61.8 Å². The van der Waals surface area contributed by atoms with Crippen LogP contribution in [0.25, 0.3) is 0 Å². The number of esters is 2. The number of carbonyl (C=O) groups excluding carboxylic acids is 2. The van der Waals surface area contributed by atoms with Crippen LogP contribution in [0.4, 0.5) is 0 Å². The molecule has 0 aromatic carbocycles. The number of ether oxygens (including phenoxy) is 3. The average molecular weight is 499 g/mol. The summed E-state index contributed by atoms with van der Waals surface area (Å²) >= 11 is 0. The summed E-state index contributed by atoms with van der Waals surface area (Å²) in [5.41, 5.74) is 0. The van der Waals surface area contributed by atoms with Crippen LogP contribution in [-0.2, 0) is 23.8 Å². The second-order valence-electron chi connectivity index (χ2n) is 10.1. The molecule has 5 heteroatoms. The summed E-state index contributed by atoms with van der Waals surface area (Å²) in [5.74, 6) is -0.383. The summed E-state index contributed by atoms with van der Waals surface area (Å²) < 4.78 is 15.9. The van der Waals surface area contributed by atoms with Crippen molar-refractivity contribution < 1.29 is 23.8 Å². The molecule has 0 N–H and O–H groups in total. The van der Waals surface area contributed by atoms with Gasteiger partial charge in [-0.25, -0.2) is 0 Å². The fraction of sp³-hybridized carbons (Fsp3) is 0.933. The van der Waals surface area contributed by atoms with Gasteiger partial charge in [-0.15, -0.1) is 0 Å². The van der Waals surface area contributed by atoms with Crippen molar-refractivity contribution >= 4 is 11.9 Å². The number of hydrogen-bond acceptors (Lipinski definition) is 5. The van der Waals surface area contributed by atoms with Crippen molar-refractivity contribution in [1.29, 1.82) is 0 Å². The van der Waals surface area contributed by atoms with Crippen molar-refractivity contribution in [3.05, 3.63) is 0 Å². The van der Waals surface area contributed by atoms with Gasteiger partial charge in [0, 0.05) is 20.0 Å².